The van der Waals surface area contributed by atoms with Crippen molar-refractivity contribution in [2.24, 2.45) is 0 Å². The second-order valence-corrected chi connectivity index (χ2v) is 9.89. The molecule has 1 aliphatic rings. The standard InChI is InChI=1S/C7H12F2O3P.W/c1-4-5(8)6(10)7(9,12-4)3-11-13-2;/h4-6,10H,3H2,1-2H3;/q-1;+2/t4-,5-,6-,7+;/m0./s1. The summed E-state index contributed by atoms with van der Waals surface area (Å²) in [5.74, 6) is -3.05. The van der Waals surface area contributed by atoms with E-state index < -0.39 is 36.6 Å². The van der Waals surface area contributed by atoms with E-state index in [1.165, 1.54) is 25.7 Å². The third-order valence-electron chi connectivity index (χ3n) is 2.02. The van der Waals surface area contributed by atoms with Crippen LogP contribution in [0.15, 0.2) is 0 Å². The number of rotatable bonds is 3. The van der Waals surface area contributed by atoms with Gasteiger partial charge in [-0.05, 0) is 0 Å². The summed E-state index contributed by atoms with van der Waals surface area (Å²) < 4.78 is 36.6. The van der Waals surface area contributed by atoms with Crippen LogP contribution in [0, 0.1) is 0 Å². The molecule has 5 atom stereocenters. The summed E-state index contributed by atoms with van der Waals surface area (Å²) in [6.45, 7) is 2.82. The summed E-state index contributed by atoms with van der Waals surface area (Å²) in [6, 6.07) is 0. The number of alkyl halides is 2. The molecule has 3 nitrogen and oxygen atoms in total. The van der Waals surface area contributed by atoms with Crippen LogP contribution in [0.1, 0.15) is 6.92 Å². The number of aliphatic hydroxyl groups excluding tert-OH is 1. The van der Waals surface area contributed by atoms with E-state index in [0.717, 1.165) is 0 Å². The van der Waals surface area contributed by atoms with E-state index >= 15 is 0 Å². The predicted octanol–water partition coefficient (Wildman–Crippen LogP) is 1.27. The number of hydrogen-bond acceptors (Lipinski definition) is 3. The zero-order chi connectivity index (χ0) is 10.9. The van der Waals surface area contributed by atoms with Crippen LogP contribution in [0.4, 0.5) is 8.78 Å². The predicted molar refractivity (Wildman–Crippen MR) is 44.1 cm³/mol. The molecule has 0 radical (unpaired) electrons. The molecule has 0 spiro atoms. The van der Waals surface area contributed by atoms with Crippen molar-refractivity contribution in [1.29, 1.82) is 0 Å². The van der Waals surface area contributed by atoms with E-state index in [0.29, 0.717) is 0 Å². The SMILES string of the molecule is C[C@@H]1O[C@](F)(CO[P+](C)=[W])[C@@H](O)[C@H]1F. The Morgan fingerprint density at radius 2 is 2.29 bits per heavy atom. The molecule has 0 amide bonds. The fourth-order valence-corrected chi connectivity index (χ4v) is 2.16. The fraction of sp³-hybridized carbons (Fsp3) is 1.00. The van der Waals surface area contributed by atoms with Gasteiger partial charge in [0, 0.05) is 0 Å². The molecule has 1 heterocycles. The Morgan fingerprint density at radius 1 is 1.71 bits per heavy atom. The van der Waals surface area contributed by atoms with Gasteiger partial charge in [0.25, 0.3) is 0 Å². The van der Waals surface area contributed by atoms with Gasteiger partial charge < -0.3 is 0 Å². The molecule has 0 aliphatic carbocycles. The van der Waals surface area contributed by atoms with Gasteiger partial charge in [-0.3, -0.25) is 0 Å². The van der Waals surface area contributed by atoms with Crippen molar-refractivity contribution in [3.63, 3.8) is 0 Å². The Hall–Kier alpha value is 0.728. The first-order chi connectivity index (χ1) is 6.37. The molecule has 1 aliphatic heterocycles. The molecule has 0 aromatic heterocycles. The Labute approximate surface area is 92.4 Å². The molecule has 1 fully saturated rings. The minimum atomic E-state index is -2.38. The summed E-state index contributed by atoms with van der Waals surface area (Å²) >= 11 is 1.20. The molecule has 0 aromatic carbocycles. The van der Waals surface area contributed by atoms with Gasteiger partial charge in [-0.25, -0.2) is 0 Å². The van der Waals surface area contributed by atoms with Crippen LogP contribution in [0.5, 0.6) is 0 Å². The molecule has 1 rings (SSSR count). The molecule has 14 heavy (non-hydrogen) atoms. The van der Waals surface area contributed by atoms with E-state index in [4.69, 9.17) is 9.26 Å². The monoisotopic (exact) mass is 397 g/mol. The van der Waals surface area contributed by atoms with Crippen molar-refractivity contribution in [3.05, 3.63) is 0 Å². The van der Waals surface area contributed by atoms with Crippen molar-refractivity contribution >= 4 is 5.78 Å². The molecule has 7 heteroatoms. The topological polar surface area (TPSA) is 38.7 Å². The first-order valence-electron chi connectivity index (χ1n) is 4.09. The third kappa shape index (κ3) is 2.64. The summed E-state index contributed by atoms with van der Waals surface area (Å²) in [7, 11) is 0. The van der Waals surface area contributed by atoms with Crippen molar-refractivity contribution in [2.75, 3.05) is 13.3 Å². The average molecular weight is 397 g/mol. The molecule has 82 valence electrons. The van der Waals surface area contributed by atoms with Crippen LogP contribution in [0.2, 0.25) is 0 Å². The molecule has 0 saturated carbocycles. The number of ether oxygens (including phenoxy) is 1. The van der Waals surface area contributed by atoms with Crippen molar-refractivity contribution in [2.45, 2.75) is 31.2 Å². The molecule has 1 unspecified atom stereocenters. The van der Waals surface area contributed by atoms with Crippen LogP contribution < -0.4 is 0 Å². The summed E-state index contributed by atoms with van der Waals surface area (Å²) in [5, 5.41) is 9.26. The van der Waals surface area contributed by atoms with E-state index in [-0.39, 0.29) is 0 Å². The van der Waals surface area contributed by atoms with E-state index in [2.05, 4.69) is 0 Å². The Morgan fingerprint density at radius 3 is 2.64 bits per heavy atom. The van der Waals surface area contributed by atoms with Gasteiger partial charge in [0.2, 0.25) is 0 Å². The van der Waals surface area contributed by atoms with Gasteiger partial charge in [0.05, 0.1) is 0 Å². The van der Waals surface area contributed by atoms with E-state index in [1.807, 2.05) is 6.66 Å². The van der Waals surface area contributed by atoms with Gasteiger partial charge in [-0.15, -0.1) is 0 Å². The number of halogens is 2. The van der Waals surface area contributed by atoms with Crippen molar-refractivity contribution < 1.29 is 42.0 Å². The molecule has 0 aromatic rings. The number of hydrogen-bond donors (Lipinski definition) is 1. The second kappa shape index (κ2) is 4.71. The minimum absolute atomic E-state index is 0.398. The van der Waals surface area contributed by atoms with E-state index in [9.17, 15) is 13.9 Å². The molecule has 0 bridgehead atoms. The third-order valence-corrected chi connectivity index (χ3v) is 3.65. The zero-order valence-corrected chi connectivity index (χ0v) is 11.6. The van der Waals surface area contributed by atoms with Crippen LogP contribution in [-0.2, 0) is 28.1 Å². The molecular formula is C7H12F2O3PW+. The Kier molecular flexibility index (Phi) is 4.31. The molecule has 1 N–H and O–H groups in total. The fourth-order valence-electron chi connectivity index (χ4n) is 1.24. The summed E-state index contributed by atoms with van der Waals surface area (Å²) in [4.78, 5) is 0. The second-order valence-electron chi connectivity index (χ2n) is 3.21. The van der Waals surface area contributed by atoms with Crippen LogP contribution in [0.3, 0.4) is 0 Å². The molecule has 1 saturated heterocycles. The number of aliphatic hydroxyl groups is 1. The molecular weight excluding hydrogens is 385 g/mol. The summed E-state index contributed by atoms with van der Waals surface area (Å²) in [5.41, 5.74) is 0. The Balaban J connectivity index is 2.61. The normalized spacial score (nSPS) is 44.1. The van der Waals surface area contributed by atoms with Crippen LogP contribution in [-0.4, -0.2) is 42.6 Å². The quantitative estimate of drug-likeness (QED) is 0.730. The summed E-state index contributed by atoms with van der Waals surface area (Å²) in [6.07, 6.45) is -4.36. The van der Waals surface area contributed by atoms with Crippen molar-refractivity contribution in [3.8, 4) is 0 Å². The first-order valence-corrected chi connectivity index (χ1v) is 9.65. The average Bonchev–Trinajstić information content (AvgIpc) is 2.28. The first kappa shape index (κ1) is 12.8. The van der Waals surface area contributed by atoms with E-state index in [1.54, 1.807) is 0 Å². The Bertz CT molecular complexity index is 243. The van der Waals surface area contributed by atoms with Crippen LogP contribution >= 0.6 is 5.78 Å². The van der Waals surface area contributed by atoms with Gasteiger partial charge in [0.1, 0.15) is 0 Å². The maximum absolute atomic E-state index is 13.7. The van der Waals surface area contributed by atoms with Gasteiger partial charge in [-0.1, -0.05) is 0 Å². The maximum atomic E-state index is 13.7. The van der Waals surface area contributed by atoms with Gasteiger partial charge in [-0.2, -0.15) is 0 Å². The van der Waals surface area contributed by atoms with Crippen molar-refractivity contribution in [1.82, 2.24) is 0 Å². The zero-order valence-electron chi connectivity index (χ0n) is 7.81. The van der Waals surface area contributed by atoms with Gasteiger partial charge >= 0.3 is 92.2 Å². The van der Waals surface area contributed by atoms with Gasteiger partial charge in [0.15, 0.2) is 0 Å². The van der Waals surface area contributed by atoms with Crippen LogP contribution in [0.25, 0.3) is 0 Å².